The highest BCUT2D eigenvalue weighted by atomic mass is 16.1. The van der Waals surface area contributed by atoms with Crippen molar-refractivity contribution in [1.82, 2.24) is 5.32 Å². The summed E-state index contributed by atoms with van der Waals surface area (Å²) in [6.07, 6.45) is 2.68. The summed E-state index contributed by atoms with van der Waals surface area (Å²) in [6, 6.07) is 9.88. The number of amides is 1. The Labute approximate surface area is 101 Å². The van der Waals surface area contributed by atoms with Crippen molar-refractivity contribution < 1.29 is 4.79 Å². The Hall–Kier alpha value is -1.84. The molecule has 0 aromatic heterocycles. The molecule has 90 valence electrons. The zero-order valence-corrected chi connectivity index (χ0v) is 9.97. The van der Waals surface area contributed by atoms with Crippen LogP contribution < -0.4 is 10.3 Å². The second-order valence-corrected chi connectivity index (χ2v) is 4.08. The maximum Gasteiger partial charge on any atom is 0.230 e. The lowest BCUT2D eigenvalue weighted by atomic mass is 10.1. The van der Waals surface area contributed by atoms with Gasteiger partial charge in [-0.15, -0.1) is 0 Å². The van der Waals surface area contributed by atoms with E-state index in [0.29, 0.717) is 6.54 Å². The highest BCUT2D eigenvalue weighted by Crippen LogP contribution is 2.18. The van der Waals surface area contributed by atoms with E-state index >= 15 is 0 Å². The van der Waals surface area contributed by atoms with Crippen LogP contribution in [-0.2, 0) is 4.79 Å². The molecule has 2 rings (SSSR count). The minimum atomic E-state index is -0.137. The number of hydrazone groups is 1. The van der Waals surface area contributed by atoms with E-state index in [1.54, 1.807) is 6.21 Å². The number of carbonyl (C=O) groups excluding carboxylic acids is 1. The molecule has 1 aliphatic heterocycles. The predicted molar refractivity (Wildman–Crippen MR) is 69.1 cm³/mol. The van der Waals surface area contributed by atoms with Crippen molar-refractivity contribution in [2.24, 2.45) is 11.0 Å². The van der Waals surface area contributed by atoms with Crippen LogP contribution in [0.5, 0.6) is 0 Å². The zero-order valence-electron chi connectivity index (χ0n) is 9.97. The summed E-state index contributed by atoms with van der Waals surface area (Å²) in [5.74, 6) is -0.0733. The first-order chi connectivity index (χ1) is 8.31. The molecule has 1 unspecified atom stereocenters. The van der Waals surface area contributed by atoms with Gasteiger partial charge in [0, 0.05) is 12.8 Å². The molecule has 1 heterocycles. The van der Waals surface area contributed by atoms with Crippen LogP contribution in [0, 0.1) is 5.92 Å². The average molecular weight is 231 g/mol. The molecular weight excluding hydrogens is 214 g/mol. The summed E-state index contributed by atoms with van der Waals surface area (Å²) in [4.78, 5) is 11.8. The van der Waals surface area contributed by atoms with Crippen molar-refractivity contribution in [2.75, 3.05) is 18.1 Å². The summed E-state index contributed by atoms with van der Waals surface area (Å²) in [5, 5.41) is 9.01. The largest absolute Gasteiger partial charge is 0.355 e. The molecule has 4 heteroatoms. The van der Waals surface area contributed by atoms with E-state index in [2.05, 4.69) is 10.4 Å². The lowest BCUT2D eigenvalue weighted by Gasteiger charge is -2.15. The lowest BCUT2D eigenvalue weighted by Crippen LogP contribution is -2.34. The van der Waals surface area contributed by atoms with Crippen LogP contribution in [0.25, 0.3) is 0 Å². The van der Waals surface area contributed by atoms with Gasteiger partial charge in [0.2, 0.25) is 5.91 Å². The normalized spacial score (nSPS) is 18.4. The van der Waals surface area contributed by atoms with Crippen molar-refractivity contribution in [3.63, 3.8) is 0 Å². The van der Waals surface area contributed by atoms with Crippen molar-refractivity contribution in [2.45, 2.75) is 13.3 Å². The van der Waals surface area contributed by atoms with Gasteiger partial charge in [-0.2, -0.15) is 5.10 Å². The molecule has 1 atom stereocenters. The SMILES string of the molecule is CCCNC(=O)C1C=NN(c2ccccc2)C1. The van der Waals surface area contributed by atoms with Crippen molar-refractivity contribution >= 4 is 17.8 Å². The van der Waals surface area contributed by atoms with Crippen LogP contribution in [0.1, 0.15) is 13.3 Å². The standard InChI is InChI=1S/C13H17N3O/c1-2-8-14-13(17)11-9-15-16(10-11)12-6-4-3-5-7-12/h3-7,9,11H,2,8,10H2,1H3,(H,14,17). The fourth-order valence-corrected chi connectivity index (χ4v) is 1.74. The van der Waals surface area contributed by atoms with Crippen LogP contribution >= 0.6 is 0 Å². The number of hydrogen-bond donors (Lipinski definition) is 1. The van der Waals surface area contributed by atoms with Crippen molar-refractivity contribution in [3.05, 3.63) is 30.3 Å². The summed E-state index contributed by atoms with van der Waals surface area (Å²) in [5.41, 5.74) is 1.02. The zero-order chi connectivity index (χ0) is 12.1. The molecule has 0 fully saturated rings. The smallest absolute Gasteiger partial charge is 0.230 e. The Balaban J connectivity index is 1.93. The molecule has 0 aliphatic carbocycles. The third kappa shape index (κ3) is 2.84. The van der Waals surface area contributed by atoms with Gasteiger partial charge in [-0.05, 0) is 18.6 Å². The molecule has 0 radical (unpaired) electrons. The molecule has 0 spiro atoms. The number of nitrogens with one attached hydrogen (secondary N) is 1. The Bertz CT molecular complexity index is 402. The molecule has 1 aromatic rings. The van der Waals surface area contributed by atoms with E-state index in [-0.39, 0.29) is 11.8 Å². The van der Waals surface area contributed by atoms with Gasteiger partial charge in [-0.1, -0.05) is 25.1 Å². The quantitative estimate of drug-likeness (QED) is 0.856. The predicted octanol–water partition coefficient (Wildman–Crippen LogP) is 1.63. The topological polar surface area (TPSA) is 44.7 Å². The number of hydrogen-bond acceptors (Lipinski definition) is 3. The summed E-state index contributed by atoms with van der Waals surface area (Å²) >= 11 is 0. The van der Waals surface area contributed by atoms with Crippen molar-refractivity contribution in [3.8, 4) is 0 Å². The number of benzene rings is 1. The molecule has 1 N–H and O–H groups in total. The molecule has 4 nitrogen and oxygen atoms in total. The van der Waals surface area contributed by atoms with Gasteiger partial charge in [0.1, 0.15) is 0 Å². The van der Waals surface area contributed by atoms with Crippen molar-refractivity contribution in [1.29, 1.82) is 0 Å². The van der Waals surface area contributed by atoms with Crippen LogP contribution in [0.15, 0.2) is 35.4 Å². The molecule has 1 aromatic carbocycles. The van der Waals surface area contributed by atoms with Gasteiger partial charge in [0.25, 0.3) is 0 Å². The van der Waals surface area contributed by atoms with E-state index in [0.717, 1.165) is 18.7 Å². The minimum absolute atomic E-state index is 0.0639. The Morgan fingerprint density at radius 1 is 1.47 bits per heavy atom. The molecule has 0 saturated carbocycles. The Morgan fingerprint density at radius 2 is 2.24 bits per heavy atom. The van der Waals surface area contributed by atoms with E-state index in [9.17, 15) is 4.79 Å². The van der Waals surface area contributed by atoms with E-state index in [1.807, 2.05) is 42.3 Å². The number of para-hydroxylation sites is 1. The Kier molecular flexibility index (Phi) is 3.75. The third-order valence-electron chi connectivity index (χ3n) is 2.70. The summed E-state index contributed by atoms with van der Waals surface area (Å²) in [7, 11) is 0. The van der Waals surface area contributed by atoms with Gasteiger partial charge in [0.15, 0.2) is 0 Å². The maximum atomic E-state index is 11.8. The fourth-order valence-electron chi connectivity index (χ4n) is 1.74. The van der Waals surface area contributed by atoms with Gasteiger partial charge in [-0.3, -0.25) is 9.80 Å². The highest BCUT2D eigenvalue weighted by molar-refractivity contribution is 5.95. The average Bonchev–Trinajstić information content (AvgIpc) is 2.86. The minimum Gasteiger partial charge on any atom is -0.355 e. The highest BCUT2D eigenvalue weighted by Gasteiger charge is 2.24. The van der Waals surface area contributed by atoms with E-state index in [1.165, 1.54) is 0 Å². The second kappa shape index (κ2) is 5.48. The van der Waals surface area contributed by atoms with Gasteiger partial charge >= 0.3 is 0 Å². The first-order valence-electron chi connectivity index (χ1n) is 5.95. The van der Waals surface area contributed by atoms with Crippen LogP contribution in [0.4, 0.5) is 5.69 Å². The molecule has 0 bridgehead atoms. The van der Waals surface area contributed by atoms with E-state index in [4.69, 9.17) is 0 Å². The number of rotatable bonds is 4. The molecule has 17 heavy (non-hydrogen) atoms. The third-order valence-corrected chi connectivity index (χ3v) is 2.70. The molecule has 1 amide bonds. The first-order valence-corrected chi connectivity index (χ1v) is 5.95. The van der Waals surface area contributed by atoms with E-state index < -0.39 is 0 Å². The number of carbonyl (C=O) groups is 1. The monoisotopic (exact) mass is 231 g/mol. The fraction of sp³-hybridized carbons (Fsp3) is 0.385. The Morgan fingerprint density at radius 3 is 2.94 bits per heavy atom. The summed E-state index contributed by atoms with van der Waals surface area (Å²) in [6.45, 7) is 3.40. The van der Waals surface area contributed by atoms with Crippen LogP contribution in [0.2, 0.25) is 0 Å². The number of nitrogens with zero attached hydrogens (tertiary/aromatic N) is 2. The maximum absolute atomic E-state index is 11.8. The second-order valence-electron chi connectivity index (χ2n) is 4.08. The first kappa shape index (κ1) is 11.6. The molecule has 0 saturated heterocycles. The van der Waals surface area contributed by atoms with Crippen LogP contribution in [0.3, 0.4) is 0 Å². The summed E-state index contributed by atoms with van der Waals surface area (Å²) < 4.78 is 0. The molecule has 1 aliphatic rings. The number of anilines is 1. The van der Waals surface area contributed by atoms with Gasteiger partial charge < -0.3 is 5.32 Å². The molecular formula is C13H17N3O. The van der Waals surface area contributed by atoms with Gasteiger partial charge in [-0.25, -0.2) is 0 Å². The van der Waals surface area contributed by atoms with Crippen LogP contribution in [-0.4, -0.2) is 25.2 Å². The lowest BCUT2D eigenvalue weighted by molar-refractivity contribution is -0.122. The van der Waals surface area contributed by atoms with Gasteiger partial charge in [0.05, 0.1) is 18.2 Å².